The highest BCUT2D eigenvalue weighted by atomic mass is 32.2. The van der Waals surface area contributed by atoms with E-state index in [9.17, 15) is 9.59 Å². The van der Waals surface area contributed by atoms with Gasteiger partial charge >= 0.3 is 6.09 Å². The van der Waals surface area contributed by atoms with Gasteiger partial charge in [0.15, 0.2) is 5.78 Å². The van der Waals surface area contributed by atoms with Crippen LogP contribution in [0.15, 0.2) is 0 Å². The van der Waals surface area contributed by atoms with Crippen molar-refractivity contribution >= 4 is 35.4 Å². The van der Waals surface area contributed by atoms with E-state index in [1.165, 1.54) is 0 Å². The zero-order chi connectivity index (χ0) is 13.8. The number of carbonyl (C=O) groups is 2. The molecule has 0 aromatic rings. The van der Waals surface area contributed by atoms with E-state index in [1.54, 1.807) is 51.2 Å². The molecule has 1 rings (SSSR count). The van der Waals surface area contributed by atoms with Gasteiger partial charge in [-0.1, -0.05) is 0 Å². The van der Waals surface area contributed by atoms with Gasteiger partial charge in [-0.25, -0.2) is 4.79 Å². The van der Waals surface area contributed by atoms with E-state index in [4.69, 9.17) is 4.74 Å². The molecule has 6 heteroatoms. The Morgan fingerprint density at radius 1 is 1.28 bits per heavy atom. The first-order valence-electron chi connectivity index (χ1n) is 6.06. The smallest absolute Gasteiger partial charge is 0.408 e. The predicted molar refractivity (Wildman–Crippen MR) is 77.2 cm³/mol. The molecule has 0 aliphatic carbocycles. The molecule has 0 aromatic carbocycles. The Morgan fingerprint density at radius 3 is 2.33 bits per heavy atom. The predicted octanol–water partition coefficient (Wildman–Crippen LogP) is 2.66. The van der Waals surface area contributed by atoms with Crippen molar-refractivity contribution in [1.82, 2.24) is 5.32 Å². The lowest BCUT2D eigenvalue weighted by Gasteiger charge is -2.25. The fraction of sp³-hybridized carbons (Fsp3) is 0.833. The van der Waals surface area contributed by atoms with Crippen molar-refractivity contribution in [2.45, 2.75) is 50.3 Å². The SMILES string of the molecule is C[C@@H](NC(=O)OC(C)(C)C)C(=O)C1SCCCS1. The monoisotopic (exact) mass is 291 g/mol. The van der Waals surface area contributed by atoms with Gasteiger partial charge in [0, 0.05) is 0 Å². The van der Waals surface area contributed by atoms with Crippen LogP contribution >= 0.6 is 23.5 Å². The average Bonchev–Trinajstić information content (AvgIpc) is 2.26. The summed E-state index contributed by atoms with van der Waals surface area (Å²) in [4.78, 5) is 23.6. The van der Waals surface area contributed by atoms with E-state index in [1.807, 2.05) is 0 Å². The van der Waals surface area contributed by atoms with Gasteiger partial charge in [-0.3, -0.25) is 4.79 Å². The fourth-order valence-electron chi connectivity index (χ4n) is 1.41. The number of ketones is 1. The molecule has 18 heavy (non-hydrogen) atoms. The summed E-state index contributed by atoms with van der Waals surface area (Å²) in [5.41, 5.74) is -0.540. The molecule has 0 spiro atoms. The Labute approximate surface area is 117 Å². The number of nitrogens with one attached hydrogen (secondary N) is 1. The first kappa shape index (κ1) is 15.7. The second-order valence-electron chi connectivity index (χ2n) is 5.20. The molecule has 1 amide bonds. The number of Topliss-reactive ketones (excluding diaryl/α,β-unsaturated/α-hetero) is 1. The van der Waals surface area contributed by atoms with Gasteiger partial charge in [-0.15, -0.1) is 23.5 Å². The van der Waals surface area contributed by atoms with Crippen molar-refractivity contribution in [2.75, 3.05) is 11.5 Å². The third kappa shape index (κ3) is 5.52. The molecule has 1 aliphatic heterocycles. The highest BCUT2D eigenvalue weighted by Crippen LogP contribution is 2.31. The molecule has 1 heterocycles. The van der Waals surface area contributed by atoms with Gasteiger partial charge in [0.05, 0.1) is 6.04 Å². The number of thioether (sulfide) groups is 2. The number of alkyl carbamates (subject to hydrolysis) is 1. The van der Waals surface area contributed by atoms with Crippen LogP contribution in [-0.2, 0) is 9.53 Å². The Hall–Kier alpha value is -0.360. The lowest BCUT2D eigenvalue weighted by atomic mass is 10.2. The molecule has 0 radical (unpaired) electrons. The Balaban J connectivity index is 2.41. The van der Waals surface area contributed by atoms with E-state index in [-0.39, 0.29) is 10.4 Å². The van der Waals surface area contributed by atoms with Crippen LogP contribution in [0.2, 0.25) is 0 Å². The van der Waals surface area contributed by atoms with Crippen molar-refractivity contribution < 1.29 is 14.3 Å². The zero-order valence-electron chi connectivity index (χ0n) is 11.3. The topological polar surface area (TPSA) is 55.4 Å². The van der Waals surface area contributed by atoms with Crippen LogP contribution in [0.3, 0.4) is 0 Å². The van der Waals surface area contributed by atoms with Crippen LogP contribution in [0.25, 0.3) is 0 Å². The molecule has 1 saturated heterocycles. The van der Waals surface area contributed by atoms with E-state index in [0.29, 0.717) is 0 Å². The van der Waals surface area contributed by atoms with Crippen molar-refractivity contribution in [3.63, 3.8) is 0 Å². The number of rotatable bonds is 3. The third-order valence-electron chi connectivity index (χ3n) is 2.22. The summed E-state index contributed by atoms with van der Waals surface area (Å²) in [6.07, 6.45) is 0.613. The van der Waals surface area contributed by atoms with Gasteiger partial charge in [0.25, 0.3) is 0 Å². The summed E-state index contributed by atoms with van der Waals surface area (Å²) in [5, 5.41) is 2.60. The molecule has 1 N–H and O–H groups in total. The molecular weight excluding hydrogens is 270 g/mol. The minimum atomic E-state index is -0.540. The lowest BCUT2D eigenvalue weighted by molar-refractivity contribution is -0.118. The molecule has 0 aromatic heterocycles. The van der Waals surface area contributed by atoms with Crippen LogP contribution in [0, 0.1) is 0 Å². The number of hydrogen-bond acceptors (Lipinski definition) is 5. The van der Waals surface area contributed by atoms with Crippen LogP contribution < -0.4 is 5.32 Å². The summed E-state index contributed by atoms with van der Waals surface area (Å²) in [7, 11) is 0. The third-order valence-corrected chi connectivity index (χ3v) is 5.15. The normalized spacial score (nSPS) is 19.1. The number of hydrogen-bond donors (Lipinski definition) is 1. The largest absolute Gasteiger partial charge is 0.444 e. The summed E-state index contributed by atoms with van der Waals surface area (Å²) in [5.74, 6) is 2.10. The van der Waals surface area contributed by atoms with Gasteiger partial charge in [0.2, 0.25) is 0 Å². The van der Waals surface area contributed by atoms with E-state index < -0.39 is 17.7 Å². The van der Waals surface area contributed by atoms with Crippen LogP contribution in [0.4, 0.5) is 4.79 Å². The van der Waals surface area contributed by atoms with Crippen LogP contribution in [-0.4, -0.2) is 39.6 Å². The maximum atomic E-state index is 12.1. The molecule has 0 saturated carbocycles. The number of ether oxygens (including phenoxy) is 1. The Bertz CT molecular complexity index is 309. The molecule has 1 fully saturated rings. The molecule has 1 aliphatic rings. The maximum Gasteiger partial charge on any atom is 0.408 e. The first-order valence-corrected chi connectivity index (χ1v) is 8.16. The van der Waals surface area contributed by atoms with Gasteiger partial charge in [0.1, 0.15) is 10.2 Å². The highest BCUT2D eigenvalue weighted by molar-refractivity contribution is 8.18. The number of carbonyl (C=O) groups excluding carboxylic acids is 2. The van der Waals surface area contributed by atoms with E-state index in [2.05, 4.69) is 5.32 Å². The molecule has 104 valence electrons. The van der Waals surface area contributed by atoms with Gasteiger partial charge in [-0.2, -0.15) is 0 Å². The maximum absolute atomic E-state index is 12.1. The Morgan fingerprint density at radius 2 is 1.83 bits per heavy atom. The van der Waals surface area contributed by atoms with Gasteiger partial charge in [-0.05, 0) is 45.6 Å². The molecule has 0 unspecified atom stereocenters. The highest BCUT2D eigenvalue weighted by Gasteiger charge is 2.28. The fourth-order valence-corrected chi connectivity index (χ4v) is 4.34. The quantitative estimate of drug-likeness (QED) is 0.866. The van der Waals surface area contributed by atoms with Crippen molar-refractivity contribution in [1.29, 1.82) is 0 Å². The summed E-state index contributed by atoms with van der Waals surface area (Å²) in [6.45, 7) is 7.10. The van der Waals surface area contributed by atoms with Gasteiger partial charge < -0.3 is 10.1 Å². The van der Waals surface area contributed by atoms with Crippen LogP contribution in [0.1, 0.15) is 34.1 Å². The second-order valence-corrected chi connectivity index (χ2v) is 7.92. The minimum Gasteiger partial charge on any atom is -0.444 e. The van der Waals surface area contributed by atoms with Crippen molar-refractivity contribution in [2.24, 2.45) is 0 Å². The molecular formula is C12H21NO3S2. The molecule has 4 nitrogen and oxygen atoms in total. The first-order chi connectivity index (χ1) is 8.29. The molecule has 0 bridgehead atoms. The Kier molecular flexibility index (Phi) is 5.85. The summed E-state index contributed by atoms with van der Waals surface area (Å²) in [6, 6.07) is -0.497. The van der Waals surface area contributed by atoms with Crippen molar-refractivity contribution in [3.05, 3.63) is 0 Å². The second kappa shape index (κ2) is 6.70. The zero-order valence-corrected chi connectivity index (χ0v) is 13.0. The van der Waals surface area contributed by atoms with E-state index >= 15 is 0 Å². The van der Waals surface area contributed by atoms with Crippen LogP contribution in [0.5, 0.6) is 0 Å². The average molecular weight is 291 g/mol. The lowest BCUT2D eigenvalue weighted by Crippen LogP contribution is -2.44. The summed E-state index contributed by atoms with van der Waals surface area (Å²) >= 11 is 3.32. The minimum absolute atomic E-state index is 0.0521. The summed E-state index contributed by atoms with van der Waals surface area (Å²) < 4.78 is 5.08. The van der Waals surface area contributed by atoms with E-state index in [0.717, 1.165) is 17.9 Å². The standard InChI is InChI=1S/C12H21NO3S2/c1-8(13-11(15)16-12(2,3)4)9(14)10-17-6-5-7-18-10/h8,10H,5-7H2,1-4H3,(H,13,15)/t8-/m1/s1. The van der Waals surface area contributed by atoms with Crippen molar-refractivity contribution in [3.8, 4) is 0 Å². The molecule has 1 atom stereocenters. The number of amides is 1.